The quantitative estimate of drug-likeness (QED) is 0.566. The summed E-state index contributed by atoms with van der Waals surface area (Å²) in [4.78, 5) is 7.67. The highest BCUT2D eigenvalue weighted by Crippen LogP contribution is 2.35. The predicted molar refractivity (Wildman–Crippen MR) is 136 cm³/mol. The maximum absolute atomic E-state index is 6.38. The predicted octanol–water partition coefficient (Wildman–Crippen LogP) is 2.64. The first-order valence-electron chi connectivity index (χ1n) is 14.0. The van der Waals surface area contributed by atoms with Crippen LogP contribution in [0, 0.1) is 29.6 Å². The molecule has 0 aromatic heterocycles. The molecule has 0 saturated carbocycles. The summed E-state index contributed by atoms with van der Waals surface area (Å²) in [6.07, 6.45) is 9.05. The lowest BCUT2D eigenvalue weighted by Crippen LogP contribution is -2.53. The van der Waals surface area contributed by atoms with Gasteiger partial charge in [-0.3, -0.25) is 0 Å². The van der Waals surface area contributed by atoms with Crippen LogP contribution in [0.25, 0.3) is 0 Å². The summed E-state index contributed by atoms with van der Waals surface area (Å²) in [5.41, 5.74) is 0. The lowest BCUT2D eigenvalue weighted by molar-refractivity contribution is -0.0332. The molecule has 0 aromatic carbocycles. The Morgan fingerprint density at radius 3 is 2.03 bits per heavy atom. The third-order valence-corrected chi connectivity index (χ3v) is 9.22. The molecule has 0 bridgehead atoms. The minimum absolute atomic E-state index is 0.672. The van der Waals surface area contributed by atoms with Gasteiger partial charge in [0.2, 0.25) is 0 Å². The number of hydrogen-bond donors (Lipinski definition) is 1. The Hall–Kier alpha value is -0.240. The van der Waals surface area contributed by atoms with Crippen LogP contribution >= 0.6 is 0 Å². The molecular formula is C27H52N4O2. The van der Waals surface area contributed by atoms with Crippen LogP contribution < -0.4 is 5.32 Å². The first-order valence-corrected chi connectivity index (χ1v) is 14.0. The van der Waals surface area contributed by atoms with Gasteiger partial charge in [-0.2, -0.15) is 0 Å². The Balaban J connectivity index is 1.24. The van der Waals surface area contributed by atoms with Crippen molar-refractivity contribution in [3.05, 3.63) is 0 Å². The molecule has 6 nitrogen and oxygen atoms in total. The van der Waals surface area contributed by atoms with Gasteiger partial charge < -0.3 is 29.5 Å². The fraction of sp³-hybridized carbons (Fsp3) is 1.00. The van der Waals surface area contributed by atoms with E-state index in [4.69, 9.17) is 9.47 Å². The van der Waals surface area contributed by atoms with Gasteiger partial charge in [0.15, 0.2) is 0 Å². The molecule has 4 rings (SSSR count). The maximum Gasteiger partial charge on any atom is 0.0498 e. The first-order chi connectivity index (χ1) is 16.1. The molecule has 4 heterocycles. The number of likely N-dealkylation sites (tertiary alicyclic amines) is 3. The molecular weight excluding hydrogens is 412 g/mol. The Kier molecular flexibility index (Phi) is 10.3. The van der Waals surface area contributed by atoms with E-state index in [0.717, 1.165) is 50.1 Å². The molecule has 192 valence electrons. The fourth-order valence-corrected chi connectivity index (χ4v) is 6.75. The summed E-state index contributed by atoms with van der Waals surface area (Å²) < 4.78 is 12.7. The highest BCUT2D eigenvalue weighted by atomic mass is 16.5. The van der Waals surface area contributed by atoms with Gasteiger partial charge in [0.25, 0.3) is 0 Å². The zero-order chi connectivity index (χ0) is 23.0. The minimum atomic E-state index is 0.672. The first kappa shape index (κ1) is 25.8. The molecule has 0 aromatic rings. The number of nitrogens with zero attached hydrogens (tertiary/aromatic N) is 3. The second-order valence-corrected chi connectivity index (χ2v) is 11.9. The lowest BCUT2D eigenvalue weighted by atomic mass is 9.75. The van der Waals surface area contributed by atoms with E-state index >= 15 is 0 Å². The number of nitrogens with one attached hydrogen (secondary N) is 1. The van der Waals surface area contributed by atoms with Crippen molar-refractivity contribution in [1.29, 1.82) is 0 Å². The minimum Gasteiger partial charge on any atom is -0.381 e. The van der Waals surface area contributed by atoms with Gasteiger partial charge in [0.1, 0.15) is 0 Å². The highest BCUT2D eigenvalue weighted by Gasteiger charge is 2.39. The van der Waals surface area contributed by atoms with E-state index in [1.807, 2.05) is 0 Å². The molecule has 0 amide bonds. The largest absolute Gasteiger partial charge is 0.381 e. The molecule has 4 unspecified atom stereocenters. The summed E-state index contributed by atoms with van der Waals surface area (Å²) in [6, 6.07) is 0.672. The van der Waals surface area contributed by atoms with Gasteiger partial charge in [-0.1, -0.05) is 0 Å². The molecule has 1 N–H and O–H groups in total. The van der Waals surface area contributed by atoms with Gasteiger partial charge >= 0.3 is 0 Å². The highest BCUT2D eigenvalue weighted by molar-refractivity contribution is 4.92. The van der Waals surface area contributed by atoms with Crippen molar-refractivity contribution in [1.82, 2.24) is 20.0 Å². The molecule has 6 heteroatoms. The molecule has 4 atom stereocenters. The molecule has 4 aliphatic rings. The van der Waals surface area contributed by atoms with E-state index in [-0.39, 0.29) is 0 Å². The molecule has 4 fully saturated rings. The molecule has 33 heavy (non-hydrogen) atoms. The molecule has 0 aliphatic carbocycles. The summed E-state index contributed by atoms with van der Waals surface area (Å²) in [5.74, 6) is 3.69. The summed E-state index contributed by atoms with van der Waals surface area (Å²) in [6.45, 7) is 12.3. The third kappa shape index (κ3) is 7.88. The van der Waals surface area contributed by atoms with Crippen molar-refractivity contribution in [3.8, 4) is 0 Å². The summed E-state index contributed by atoms with van der Waals surface area (Å²) in [7, 11) is 6.91. The second kappa shape index (κ2) is 13.2. The van der Waals surface area contributed by atoms with Crippen LogP contribution in [0.2, 0.25) is 0 Å². The molecule has 0 radical (unpaired) electrons. The summed E-state index contributed by atoms with van der Waals surface area (Å²) in [5, 5.41) is 3.47. The molecule has 4 aliphatic heterocycles. The van der Waals surface area contributed by atoms with E-state index in [1.165, 1.54) is 90.8 Å². The average Bonchev–Trinajstić information content (AvgIpc) is 2.83. The molecule has 4 saturated heterocycles. The van der Waals surface area contributed by atoms with E-state index in [2.05, 4.69) is 41.2 Å². The van der Waals surface area contributed by atoms with Crippen LogP contribution in [0.3, 0.4) is 0 Å². The van der Waals surface area contributed by atoms with E-state index in [9.17, 15) is 0 Å². The Labute approximate surface area is 203 Å². The van der Waals surface area contributed by atoms with Crippen LogP contribution in [-0.4, -0.2) is 114 Å². The fourth-order valence-electron chi connectivity index (χ4n) is 6.75. The van der Waals surface area contributed by atoms with Crippen LogP contribution in [0.4, 0.5) is 0 Å². The van der Waals surface area contributed by atoms with Gasteiger partial charge in [-0.25, -0.2) is 0 Å². The Morgan fingerprint density at radius 1 is 0.667 bits per heavy atom. The topological polar surface area (TPSA) is 40.2 Å². The standard InChI is InChI=1S/C27H52N4O2/c1-29-12-6-23(7-13-29)19-32-20-24-8-15-31(3)27(16-24)26-17-30(2)14-9-25(26)21-33-18-22-4-10-28-11-5-22/h22-28H,4-21H2,1-3H3. The van der Waals surface area contributed by atoms with Crippen LogP contribution in [0.15, 0.2) is 0 Å². The third-order valence-electron chi connectivity index (χ3n) is 9.22. The van der Waals surface area contributed by atoms with Crippen molar-refractivity contribution >= 4 is 0 Å². The Bertz CT molecular complexity index is 550. The van der Waals surface area contributed by atoms with Gasteiger partial charge in [-0.05, 0) is 135 Å². The smallest absolute Gasteiger partial charge is 0.0498 e. The van der Waals surface area contributed by atoms with Crippen LogP contribution in [0.5, 0.6) is 0 Å². The monoisotopic (exact) mass is 464 g/mol. The van der Waals surface area contributed by atoms with Crippen molar-refractivity contribution < 1.29 is 9.47 Å². The van der Waals surface area contributed by atoms with Gasteiger partial charge in [0.05, 0.1) is 0 Å². The van der Waals surface area contributed by atoms with Crippen molar-refractivity contribution in [2.75, 3.05) is 93.4 Å². The average molecular weight is 465 g/mol. The van der Waals surface area contributed by atoms with Crippen LogP contribution in [0.1, 0.15) is 44.9 Å². The summed E-state index contributed by atoms with van der Waals surface area (Å²) >= 11 is 0. The van der Waals surface area contributed by atoms with Gasteiger partial charge in [0, 0.05) is 39.0 Å². The van der Waals surface area contributed by atoms with Gasteiger partial charge in [-0.15, -0.1) is 0 Å². The van der Waals surface area contributed by atoms with E-state index in [0.29, 0.717) is 12.0 Å². The van der Waals surface area contributed by atoms with Crippen molar-refractivity contribution in [2.24, 2.45) is 29.6 Å². The normalized spacial score (nSPS) is 34.6. The zero-order valence-corrected chi connectivity index (χ0v) is 21.9. The van der Waals surface area contributed by atoms with Crippen molar-refractivity contribution in [3.63, 3.8) is 0 Å². The maximum atomic E-state index is 6.38. The lowest BCUT2D eigenvalue weighted by Gasteiger charge is -2.47. The number of rotatable bonds is 9. The second-order valence-electron chi connectivity index (χ2n) is 11.9. The van der Waals surface area contributed by atoms with Crippen molar-refractivity contribution in [2.45, 2.75) is 51.0 Å². The van der Waals surface area contributed by atoms with Crippen LogP contribution in [-0.2, 0) is 9.47 Å². The molecule has 0 spiro atoms. The number of hydrogen-bond acceptors (Lipinski definition) is 6. The Morgan fingerprint density at radius 2 is 1.27 bits per heavy atom. The number of ether oxygens (including phenoxy) is 2. The zero-order valence-electron chi connectivity index (χ0n) is 21.9. The van der Waals surface area contributed by atoms with E-state index < -0.39 is 0 Å². The number of piperidine rings is 4. The SMILES string of the molecule is CN1CCC(COCC2CCN(C)C(C3CN(C)CCC3COCC3CCNCC3)C2)CC1. The van der Waals surface area contributed by atoms with E-state index in [1.54, 1.807) is 0 Å².